The van der Waals surface area contributed by atoms with Crippen molar-refractivity contribution in [2.75, 3.05) is 5.32 Å². The zero-order valence-electron chi connectivity index (χ0n) is 11.9. The number of hydrogen-bond acceptors (Lipinski definition) is 3. The second-order valence-electron chi connectivity index (χ2n) is 5.75. The van der Waals surface area contributed by atoms with Crippen LogP contribution in [0.15, 0.2) is 18.2 Å². The first kappa shape index (κ1) is 14.8. The van der Waals surface area contributed by atoms with Gasteiger partial charge in [-0.15, -0.1) is 0 Å². The Balaban J connectivity index is 2.37. The van der Waals surface area contributed by atoms with Gasteiger partial charge in [0.05, 0.1) is 11.2 Å². The van der Waals surface area contributed by atoms with Crippen LogP contribution in [-0.4, -0.2) is 29.5 Å². The van der Waals surface area contributed by atoms with Crippen molar-refractivity contribution in [3.63, 3.8) is 0 Å². The van der Waals surface area contributed by atoms with Gasteiger partial charge in [-0.1, -0.05) is 6.07 Å². The van der Waals surface area contributed by atoms with Crippen molar-refractivity contribution < 1.29 is 23.6 Å². The van der Waals surface area contributed by atoms with Crippen molar-refractivity contribution in [1.82, 2.24) is 0 Å². The lowest BCUT2D eigenvalue weighted by atomic mass is 9.77. The molecule has 1 heterocycles. The number of benzene rings is 1. The van der Waals surface area contributed by atoms with Gasteiger partial charge >= 0.3 is 13.2 Å². The molecule has 1 amide bonds. The Morgan fingerprint density at radius 3 is 2.30 bits per heavy atom. The van der Waals surface area contributed by atoms with E-state index in [1.165, 1.54) is 12.1 Å². The van der Waals surface area contributed by atoms with Crippen molar-refractivity contribution in [3.05, 3.63) is 24.0 Å². The third-order valence-corrected chi connectivity index (χ3v) is 3.76. The van der Waals surface area contributed by atoms with Crippen LogP contribution in [0.5, 0.6) is 0 Å². The predicted octanol–water partition coefficient (Wildman–Crippen LogP) is 2.21. The Kier molecular flexibility index (Phi) is 3.52. The summed E-state index contributed by atoms with van der Waals surface area (Å²) in [7, 11) is -0.748. The Hall–Kier alpha value is -1.60. The van der Waals surface area contributed by atoms with E-state index < -0.39 is 30.2 Å². The smallest absolute Gasteiger partial charge is 0.465 e. The fraction of sp³-hybridized carbons (Fsp3) is 0.462. The van der Waals surface area contributed by atoms with Gasteiger partial charge in [0.25, 0.3) is 0 Å². The molecule has 1 fully saturated rings. The minimum atomic E-state index is -1.27. The summed E-state index contributed by atoms with van der Waals surface area (Å²) < 4.78 is 24.9. The highest BCUT2D eigenvalue weighted by Gasteiger charge is 2.52. The third kappa shape index (κ3) is 2.64. The van der Waals surface area contributed by atoms with Crippen LogP contribution < -0.4 is 10.8 Å². The van der Waals surface area contributed by atoms with Gasteiger partial charge in [-0.3, -0.25) is 5.32 Å². The molecule has 0 bridgehead atoms. The molecule has 108 valence electrons. The number of nitrogens with one attached hydrogen (secondary N) is 1. The molecule has 1 saturated heterocycles. The van der Waals surface area contributed by atoms with E-state index >= 15 is 0 Å². The van der Waals surface area contributed by atoms with E-state index in [0.29, 0.717) is 5.46 Å². The molecule has 0 aliphatic carbocycles. The summed E-state index contributed by atoms with van der Waals surface area (Å²) in [4.78, 5) is 10.8. The Morgan fingerprint density at radius 2 is 1.80 bits per heavy atom. The van der Waals surface area contributed by atoms with Crippen molar-refractivity contribution in [3.8, 4) is 0 Å². The van der Waals surface area contributed by atoms with Crippen molar-refractivity contribution in [2.24, 2.45) is 0 Å². The number of hydrogen-bond donors (Lipinski definition) is 2. The number of amides is 1. The summed E-state index contributed by atoms with van der Waals surface area (Å²) in [6.45, 7) is 7.56. The summed E-state index contributed by atoms with van der Waals surface area (Å²) in [6, 6.07) is 3.81. The minimum Gasteiger partial charge on any atom is -0.465 e. The van der Waals surface area contributed by atoms with Gasteiger partial charge in [-0.05, 0) is 39.8 Å². The molecule has 0 spiro atoms. The molecule has 1 aromatic carbocycles. The van der Waals surface area contributed by atoms with E-state index in [4.69, 9.17) is 14.4 Å². The average Bonchev–Trinajstić information content (AvgIpc) is 2.46. The Morgan fingerprint density at radius 1 is 1.25 bits per heavy atom. The van der Waals surface area contributed by atoms with Gasteiger partial charge < -0.3 is 14.4 Å². The zero-order chi connectivity index (χ0) is 15.1. The SMILES string of the molecule is CC1(C)OB(c2ccc(F)cc2NC(=O)O)OC1(C)C. The Bertz CT molecular complexity index is 531. The van der Waals surface area contributed by atoms with E-state index in [1.807, 2.05) is 27.7 Å². The van der Waals surface area contributed by atoms with E-state index in [9.17, 15) is 9.18 Å². The summed E-state index contributed by atoms with van der Waals surface area (Å²) in [6.07, 6.45) is -1.27. The van der Waals surface area contributed by atoms with Crippen LogP contribution in [0.2, 0.25) is 0 Å². The number of carboxylic acid groups (broad SMARTS) is 1. The van der Waals surface area contributed by atoms with Crippen molar-refractivity contribution in [2.45, 2.75) is 38.9 Å². The third-order valence-electron chi connectivity index (χ3n) is 3.76. The van der Waals surface area contributed by atoms with Gasteiger partial charge in [0, 0.05) is 11.2 Å². The summed E-state index contributed by atoms with van der Waals surface area (Å²) in [5.74, 6) is -0.533. The molecule has 1 aromatic rings. The largest absolute Gasteiger partial charge is 0.496 e. The molecule has 0 atom stereocenters. The van der Waals surface area contributed by atoms with Gasteiger partial charge in [0.2, 0.25) is 0 Å². The van der Waals surface area contributed by atoms with Crippen molar-refractivity contribution >= 4 is 24.4 Å². The molecule has 0 unspecified atom stereocenters. The van der Waals surface area contributed by atoms with Gasteiger partial charge in [0.1, 0.15) is 5.82 Å². The van der Waals surface area contributed by atoms with Crippen LogP contribution in [-0.2, 0) is 9.31 Å². The fourth-order valence-electron chi connectivity index (χ4n) is 1.93. The van der Waals surface area contributed by atoms with Crippen LogP contribution in [0.3, 0.4) is 0 Å². The molecule has 7 heteroatoms. The maximum atomic E-state index is 13.3. The highest BCUT2D eigenvalue weighted by atomic mass is 19.1. The quantitative estimate of drug-likeness (QED) is 0.815. The second-order valence-corrected chi connectivity index (χ2v) is 5.75. The van der Waals surface area contributed by atoms with E-state index in [2.05, 4.69) is 5.32 Å². The number of rotatable bonds is 2. The molecular formula is C13H17BFNO4. The minimum absolute atomic E-state index is 0.121. The van der Waals surface area contributed by atoms with Crippen LogP contribution in [0.25, 0.3) is 0 Å². The molecule has 0 saturated carbocycles. The summed E-state index contributed by atoms with van der Waals surface area (Å²) in [5, 5.41) is 11.0. The van der Waals surface area contributed by atoms with E-state index in [0.717, 1.165) is 6.07 Å². The number of anilines is 1. The van der Waals surface area contributed by atoms with Crippen LogP contribution in [0.4, 0.5) is 14.9 Å². The summed E-state index contributed by atoms with van der Waals surface area (Å²) in [5.41, 5.74) is -0.525. The first-order chi connectivity index (χ1) is 9.12. The highest BCUT2D eigenvalue weighted by Crippen LogP contribution is 2.37. The topological polar surface area (TPSA) is 67.8 Å². The predicted molar refractivity (Wildman–Crippen MR) is 73.8 cm³/mol. The van der Waals surface area contributed by atoms with Crippen LogP contribution in [0.1, 0.15) is 27.7 Å². The molecule has 1 aliphatic heterocycles. The second kappa shape index (κ2) is 4.75. The molecule has 0 radical (unpaired) electrons. The lowest BCUT2D eigenvalue weighted by molar-refractivity contribution is 0.00578. The molecule has 5 nitrogen and oxygen atoms in total. The molecule has 2 rings (SSSR count). The molecular weight excluding hydrogens is 264 g/mol. The molecule has 2 N–H and O–H groups in total. The first-order valence-corrected chi connectivity index (χ1v) is 6.27. The van der Waals surface area contributed by atoms with Gasteiger partial charge in [0.15, 0.2) is 0 Å². The lowest BCUT2D eigenvalue weighted by Gasteiger charge is -2.32. The molecule has 20 heavy (non-hydrogen) atoms. The normalized spacial score (nSPS) is 19.9. The standard InChI is InChI=1S/C13H17BFNO4/c1-12(2)13(3,4)20-14(19-12)9-6-5-8(15)7-10(9)16-11(17)18/h5-7,16H,1-4H3,(H,17,18). The Labute approximate surface area is 117 Å². The first-order valence-electron chi connectivity index (χ1n) is 6.27. The van der Waals surface area contributed by atoms with Gasteiger partial charge in [-0.25, -0.2) is 9.18 Å². The van der Waals surface area contributed by atoms with Crippen LogP contribution >= 0.6 is 0 Å². The summed E-state index contributed by atoms with van der Waals surface area (Å²) >= 11 is 0. The number of halogens is 1. The molecule has 0 aromatic heterocycles. The fourth-order valence-corrected chi connectivity index (χ4v) is 1.93. The average molecular weight is 281 g/mol. The highest BCUT2D eigenvalue weighted by molar-refractivity contribution is 6.64. The maximum Gasteiger partial charge on any atom is 0.496 e. The van der Waals surface area contributed by atoms with Crippen molar-refractivity contribution in [1.29, 1.82) is 0 Å². The van der Waals surface area contributed by atoms with E-state index in [-0.39, 0.29) is 5.69 Å². The van der Waals surface area contributed by atoms with Gasteiger partial charge in [-0.2, -0.15) is 0 Å². The van der Waals surface area contributed by atoms with E-state index in [1.54, 1.807) is 0 Å². The monoisotopic (exact) mass is 281 g/mol. The zero-order valence-corrected chi connectivity index (χ0v) is 11.9. The maximum absolute atomic E-state index is 13.3. The van der Waals surface area contributed by atoms with Crippen LogP contribution in [0, 0.1) is 5.82 Å². The molecule has 1 aliphatic rings. The lowest BCUT2D eigenvalue weighted by Crippen LogP contribution is -2.41. The number of carbonyl (C=O) groups is 1.